The summed E-state index contributed by atoms with van der Waals surface area (Å²) in [5, 5.41) is 9.39. The first-order valence-electron chi connectivity index (χ1n) is 6.53. The summed E-state index contributed by atoms with van der Waals surface area (Å²) in [6, 6.07) is 0. The second kappa shape index (κ2) is 7.22. The van der Waals surface area contributed by atoms with Crippen LogP contribution in [0.3, 0.4) is 0 Å². The fourth-order valence-corrected chi connectivity index (χ4v) is 1.76. The predicted molar refractivity (Wildman–Crippen MR) is 70.2 cm³/mol. The molecule has 0 aromatic carbocycles. The Balaban J connectivity index is 0.000000686. The third-order valence-electron chi connectivity index (χ3n) is 2.85. The number of aromatic nitrogens is 2. The minimum Gasteiger partial charge on any atom is -0.393 e. The normalized spacial score (nSPS) is 16.4. The molecule has 4 heteroatoms. The first-order valence-corrected chi connectivity index (χ1v) is 6.53. The molecule has 1 N–H and O–H groups in total. The van der Waals surface area contributed by atoms with Gasteiger partial charge in [0.25, 0.3) is 0 Å². The van der Waals surface area contributed by atoms with Gasteiger partial charge in [-0.15, -0.1) is 0 Å². The van der Waals surface area contributed by atoms with Crippen LogP contribution in [0.15, 0.2) is 12.4 Å². The van der Waals surface area contributed by atoms with Crippen LogP contribution in [0.1, 0.15) is 39.2 Å². The Hall–Kier alpha value is -1.16. The fourth-order valence-electron chi connectivity index (χ4n) is 1.76. The van der Waals surface area contributed by atoms with Gasteiger partial charge in [-0.2, -0.15) is 0 Å². The van der Waals surface area contributed by atoms with Crippen molar-refractivity contribution >= 4 is 5.95 Å². The number of piperidine rings is 1. The van der Waals surface area contributed by atoms with Crippen molar-refractivity contribution in [2.75, 3.05) is 18.0 Å². The summed E-state index contributed by atoms with van der Waals surface area (Å²) in [7, 11) is 0. The van der Waals surface area contributed by atoms with E-state index in [-0.39, 0.29) is 6.10 Å². The van der Waals surface area contributed by atoms with Crippen LogP contribution in [0.25, 0.3) is 0 Å². The molecule has 0 amide bonds. The Labute approximate surface area is 104 Å². The minimum absolute atomic E-state index is 0.142. The van der Waals surface area contributed by atoms with E-state index in [0.717, 1.165) is 43.9 Å². The third-order valence-corrected chi connectivity index (χ3v) is 2.85. The van der Waals surface area contributed by atoms with Crippen molar-refractivity contribution in [2.45, 2.75) is 46.1 Å². The van der Waals surface area contributed by atoms with Crippen LogP contribution in [-0.2, 0) is 6.42 Å². The van der Waals surface area contributed by atoms with Gasteiger partial charge >= 0.3 is 0 Å². The Morgan fingerprint density at radius 1 is 1.24 bits per heavy atom. The van der Waals surface area contributed by atoms with E-state index in [0.29, 0.717) is 0 Å². The molecule has 0 atom stereocenters. The largest absolute Gasteiger partial charge is 0.393 e. The van der Waals surface area contributed by atoms with Gasteiger partial charge in [-0.05, 0) is 24.8 Å². The lowest BCUT2D eigenvalue weighted by molar-refractivity contribution is 0.145. The summed E-state index contributed by atoms with van der Waals surface area (Å²) in [5.41, 5.74) is 1.16. The van der Waals surface area contributed by atoms with E-state index < -0.39 is 0 Å². The monoisotopic (exact) mass is 237 g/mol. The Morgan fingerprint density at radius 3 is 2.24 bits per heavy atom. The molecule has 17 heavy (non-hydrogen) atoms. The van der Waals surface area contributed by atoms with Crippen molar-refractivity contribution in [2.24, 2.45) is 0 Å². The van der Waals surface area contributed by atoms with E-state index >= 15 is 0 Å². The molecule has 0 aliphatic carbocycles. The summed E-state index contributed by atoms with van der Waals surface area (Å²) in [4.78, 5) is 10.8. The second-order valence-electron chi connectivity index (χ2n) is 3.96. The highest BCUT2D eigenvalue weighted by atomic mass is 16.3. The van der Waals surface area contributed by atoms with Gasteiger partial charge in [0.2, 0.25) is 5.95 Å². The number of hydrogen-bond donors (Lipinski definition) is 1. The average molecular weight is 237 g/mol. The first-order chi connectivity index (χ1) is 8.29. The van der Waals surface area contributed by atoms with E-state index in [1.807, 2.05) is 26.2 Å². The van der Waals surface area contributed by atoms with Crippen LogP contribution >= 0.6 is 0 Å². The molecule has 1 fully saturated rings. The lowest BCUT2D eigenvalue weighted by atomic mass is 10.1. The topological polar surface area (TPSA) is 49.2 Å². The summed E-state index contributed by atoms with van der Waals surface area (Å²) in [5.74, 6) is 0.791. The SMILES string of the molecule is CC.CCc1cnc(N2CCC(O)CC2)nc1. The smallest absolute Gasteiger partial charge is 0.225 e. The van der Waals surface area contributed by atoms with E-state index in [4.69, 9.17) is 0 Å². The third kappa shape index (κ3) is 3.97. The molecule has 1 aliphatic heterocycles. The van der Waals surface area contributed by atoms with Gasteiger partial charge in [-0.1, -0.05) is 20.8 Å². The van der Waals surface area contributed by atoms with Crippen molar-refractivity contribution in [1.82, 2.24) is 9.97 Å². The van der Waals surface area contributed by atoms with Gasteiger partial charge in [-0.3, -0.25) is 0 Å². The molecule has 1 aliphatic rings. The lowest BCUT2D eigenvalue weighted by Crippen LogP contribution is -2.36. The van der Waals surface area contributed by atoms with Crippen LogP contribution in [0, 0.1) is 0 Å². The van der Waals surface area contributed by atoms with Crippen LogP contribution < -0.4 is 4.90 Å². The molecular formula is C13H23N3O. The highest BCUT2D eigenvalue weighted by Gasteiger charge is 2.18. The van der Waals surface area contributed by atoms with Gasteiger partial charge in [0, 0.05) is 25.5 Å². The number of aliphatic hydroxyl groups excluding tert-OH is 1. The highest BCUT2D eigenvalue weighted by molar-refractivity contribution is 5.30. The van der Waals surface area contributed by atoms with Crippen LogP contribution in [0.4, 0.5) is 5.95 Å². The van der Waals surface area contributed by atoms with Crippen molar-refractivity contribution in [3.8, 4) is 0 Å². The van der Waals surface area contributed by atoms with E-state index in [1.54, 1.807) is 0 Å². The number of hydrogen-bond acceptors (Lipinski definition) is 4. The van der Waals surface area contributed by atoms with E-state index in [9.17, 15) is 5.11 Å². The molecule has 1 aromatic rings. The summed E-state index contributed by atoms with van der Waals surface area (Å²) >= 11 is 0. The molecule has 96 valence electrons. The van der Waals surface area contributed by atoms with Gasteiger partial charge in [0.05, 0.1) is 6.10 Å². The zero-order chi connectivity index (χ0) is 12.7. The lowest BCUT2D eigenvalue weighted by Gasteiger charge is -2.29. The van der Waals surface area contributed by atoms with Gasteiger partial charge < -0.3 is 10.0 Å². The van der Waals surface area contributed by atoms with Crippen LogP contribution in [0.2, 0.25) is 0 Å². The average Bonchev–Trinajstić information content (AvgIpc) is 2.42. The van der Waals surface area contributed by atoms with Crippen LogP contribution in [-0.4, -0.2) is 34.3 Å². The molecule has 0 radical (unpaired) electrons. The highest BCUT2D eigenvalue weighted by Crippen LogP contribution is 2.15. The quantitative estimate of drug-likeness (QED) is 0.855. The van der Waals surface area contributed by atoms with Gasteiger partial charge in [-0.25, -0.2) is 9.97 Å². The predicted octanol–water partition coefficient (Wildman–Crippen LogP) is 2.03. The number of rotatable bonds is 2. The van der Waals surface area contributed by atoms with E-state index in [2.05, 4.69) is 21.8 Å². The van der Waals surface area contributed by atoms with Crippen molar-refractivity contribution in [3.05, 3.63) is 18.0 Å². The van der Waals surface area contributed by atoms with Crippen molar-refractivity contribution < 1.29 is 5.11 Å². The Morgan fingerprint density at radius 2 is 1.76 bits per heavy atom. The molecular weight excluding hydrogens is 214 g/mol. The summed E-state index contributed by atoms with van der Waals surface area (Å²) in [6.07, 6.45) is 6.23. The molecule has 0 unspecified atom stereocenters. The second-order valence-corrected chi connectivity index (χ2v) is 3.96. The van der Waals surface area contributed by atoms with E-state index in [1.165, 1.54) is 0 Å². The van der Waals surface area contributed by atoms with Crippen LogP contribution in [0.5, 0.6) is 0 Å². The molecule has 0 bridgehead atoms. The summed E-state index contributed by atoms with van der Waals surface area (Å²) in [6.45, 7) is 7.80. The molecule has 1 aromatic heterocycles. The van der Waals surface area contributed by atoms with Gasteiger partial charge in [0.1, 0.15) is 0 Å². The molecule has 4 nitrogen and oxygen atoms in total. The Kier molecular flexibility index (Phi) is 5.91. The minimum atomic E-state index is -0.142. The van der Waals surface area contributed by atoms with Crippen molar-refractivity contribution in [1.29, 1.82) is 0 Å². The maximum absolute atomic E-state index is 9.39. The molecule has 1 saturated heterocycles. The number of aryl methyl sites for hydroxylation is 1. The fraction of sp³-hybridized carbons (Fsp3) is 0.692. The standard InChI is InChI=1S/C11H17N3O.C2H6/c1-2-9-7-12-11(13-8-9)14-5-3-10(15)4-6-14;1-2/h7-8,10,15H,2-6H2,1H3;1-2H3. The van der Waals surface area contributed by atoms with Gasteiger partial charge in [0.15, 0.2) is 0 Å². The number of nitrogens with zero attached hydrogens (tertiary/aromatic N) is 3. The van der Waals surface area contributed by atoms with Crippen molar-refractivity contribution in [3.63, 3.8) is 0 Å². The first kappa shape index (κ1) is 13.9. The molecule has 0 spiro atoms. The molecule has 2 heterocycles. The Bertz CT molecular complexity index is 305. The number of anilines is 1. The summed E-state index contributed by atoms with van der Waals surface area (Å²) < 4.78 is 0. The maximum Gasteiger partial charge on any atom is 0.225 e. The zero-order valence-electron chi connectivity index (χ0n) is 11.1. The maximum atomic E-state index is 9.39. The number of aliphatic hydroxyl groups is 1. The molecule has 2 rings (SSSR count). The molecule has 0 saturated carbocycles. The zero-order valence-corrected chi connectivity index (χ0v) is 11.1.